The van der Waals surface area contributed by atoms with Crippen LogP contribution in [0.15, 0.2) is 11.8 Å². The van der Waals surface area contributed by atoms with Crippen molar-refractivity contribution >= 4 is 0 Å². The molecule has 0 aromatic rings. The number of alkyl halides is 3. The number of ether oxygens (including phenoxy) is 2. The second-order valence-corrected chi connectivity index (χ2v) is 3.68. The van der Waals surface area contributed by atoms with Gasteiger partial charge in [-0.25, -0.2) is 0 Å². The molecule has 1 aliphatic heterocycles. The summed E-state index contributed by atoms with van der Waals surface area (Å²) in [6.07, 6.45) is -5.35. The zero-order chi connectivity index (χ0) is 11.7. The first kappa shape index (κ1) is 12.2. The van der Waals surface area contributed by atoms with Crippen molar-refractivity contribution in [1.29, 1.82) is 0 Å². The quantitative estimate of drug-likeness (QED) is 0.550. The van der Waals surface area contributed by atoms with Gasteiger partial charge in [0.1, 0.15) is 6.61 Å². The van der Waals surface area contributed by atoms with E-state index in [-0.39, 0.29) is 19.8 Å². The molecule has 0 radical (unpaired) electrons. The molecule has 0 bridgehead atoms. The molecule has 0 saturated carbocycles. The van der Waals surface area contributed by atoms with Crippen LogP contribution in [0.3, 0.4) is 0 Å². The molecule has 0 aromatic heterocycles. The molecule has 0 amide bonds. The van der Waals surface area contributed by atoms with Crippen LogP contribution >= 0.6 is 0 Å². The summed E-state index contributed by atoms with van der Waals surface area (Å²) in [5.41, 5.74) is -0.538. The molecule has 0 aromatic carbocycles. The normalized spacial score (nSPS) is 21.7. The first-order valence-electron chi connectivity index (χ1n) is 4.08. The molecule has 15 heavy (non-hydrogen) atoms. The van der Waals surface area contributed by atoms with Crippen LogP contribution in [0.2, 0.25) is 0 Å². The maximum Gasteiger partial charge on any atom is 0.449 e. The molecule has 7 heteroatoms. The maximum absolute atomic E-state index is 12.5. The van der Waals surface area contributed by atoms with E-state index in [9.17, 15) is 22.0 Å². The first-order chi connectivity index (χ1) is 6.75. The van der Waals surface area contributed by atoms with Gasteiger partial charge in [-0.2, -0.15) is 22.0 Å². The summed E-state index contributed by atoms with van der Waals surface area (Å²) in [5, 5.41) is 0. The third-order valence-corrected chi connectivity index (χ3v) is 1.87. The Hall–Kier alpha value is -0.850. The van der Waals surface area contributed by atoms with E-state index >= 15 is 0 Å². The highest BCUT2D eigenvalue weighted by molar-refractivity contribution is 5.00. The van der Waals surface area contributed by atoms with Gasteiger partial charge in [0.05, 0.1) is 13.2 Å². The Balaban J connectivity index is 2.51. The third kappa shape index (κ3) is 3.05. The smallest absolute Gasteiger partial charge is 0.449 e. The lowest BCUT2D eigenvalue weighted by Gasteiger charge is -2.37. The van der Waals surface area contributed by atoms with Gasteiger partial charge in [0, 0.05) is 5.41 Å². The number of halogens is 5. The van der Waals surface area contributed by atoms with Gasteiger partial charge in [0.15, 0.2) is 0 Å². The predicted octanol–water partition coefficient (Wildman–Crippen LogP) is 2.71. The van der Waals surface area contributed by atoms with Gasteiger partial charge in [-0.05, 0) is 0 Å². The predicted molar refractivity (Wildman–Crippen MR) is 40.2 cm³/mol. The molecular weight excluding hydrogens is 223 g/mol. The fourth-order valence-electron chi connectivity index (χ4n) is 0.946. The molecule has 0 unspecified atom stereocenters. The molecule has 2 nitrogen and oxygen atoms in total. The lowest BCUT2D eigenvalue weighted by atomic mass is 9.90. The van der Waals surface area contributed by atoms with E-state index in [1.165, 1.54) is 0 Å². The second-order valence-electron chi connectivity index (χ2n) is 3.68. The summed E-state index contributed by atoms with van der Waals surface area (Å²) in [6.45, 7) is 1.81. The van der Waals surface area contributed by atoms with Crippen molar-refractivity contribution in [2.75, 3.05) is 19.8 Å². The van der Waals surface area contributed by atoms with E-state index < -0.39 is 23.4 Å². The van der Waals surface area contributed by atoms with E-state index in [1.54, 1.807) is 6.92 Å². The Morgan fingerprint density at radius 1 is 1.33 bits per heavy atom. The molecule has 1 aliphatic rings. The molecule has 88 valence electrons. The van der Waals surface area contributed by atoms with Gasteiger partial charge in [-0.1, -0.05) is 6.92 Å². The van der Waals surface area contributed by atoms with Crippen molar-refractivity contribution in [2.45, 2.75) is 13.1 Å². The monoisotopic (exact) mass is 232 g/mol. The molecule has 0 aliphatic carbocycles. The Kier molecular flexibility index (Phi) is 3.22. The van der Waals surface area contributed by atoms with Gasteiger partial charge in [-0.15, -0.1) is 0 Å². The van der Waals surface area contributed by atoms with Crippen LogP contribution in [0.25, 0.3) is 0 Å². The van der Waals surface area contributed by atoms with Gasteiger partial charge in [0.2, 0.25) is 0 Å². The zero-order valence-electron chi connectivity index (χ0n) is 7.83. The first-order valence-corrected chi connectivity index (χ1v) is 4.08. The van der Waals surface area contributed by atoms with E-state index in [1.807, 2.05) is 0 Å². The summed E-state index contributed by atoms with van der Waals surface area (Å²) in [5.74, 6) is -2.84. The van der Waals surface area contributed by atoms with Crippen LogP contribution in [0, 0.1) is 5.41 Å². The van der Waals surface area contributed by atoms with Crippen molar-refractivity contribution < 1.29 is 31.4 Å². The van der Waals surface area contributed by atoms with Crippen LogP contribution in [0.5, 0.6) is 0 Å². The Labute approximate surface area is 82.7 Å². The van der Waals surface area contributed by atoms with Crippen LogP contribution in [0.4, 0.5) is 22.0 Å². The molecule has 1 fully saturated rings. The molecule has 1 rings (SSSR count). The average molecular weight is 232 g/mol. The summed E-state index contributed by atoms with van der Waals surface area (Å²) >= 11 is 0. The SMILES string of the molecule is CC1(CO/C(F)=C(\F)C(F)(F)F)COC1. The minimum atomic E-state index is -5.35. The van der Waals surface area contributed by atoms with E-state index in [4.69, 9.17) is 4.74 Å². The fraction of sp³-hybridized carbons (Fsp3) is 0.750. The maximum atomic E-state index is 12.5. The minimum Gasteiger partial charge on any atom is -0.468 e. The second kappa shape index (κ2) is 3.96. The summed E-state index contributed by atoms with van der Waals surface area (Å²) < 4.78 is 68.5. The Bertz CT molecular complexity index is 267. The highest BCUT2D eigenvalue weighted by Gasteiger charge is 2.41. The van der Waals surface area contributed by atoms with Crippen molar-refractivity contribution in [3.05, 3.63) is 11.8 Å². The summed E-state index contributed by atoms with van der Waals surface area (Å²) in [4.78, 5) is 0. The van der Waals surface area contributed by atoms with Gasteiger partial charge >= 0.3 is 12.2 Å². The highest BCUT2D eigenvalue weighted by Crippen LogP contribution is 2.32. The summed E-state index contributed by atoms with van der Waals surface area (Å²) in [6, 6.07) is -2.23. The average Bonchev–Trinajstić information content (AvgIpc) is 2.08. The van der Waals surface area contributed by atoms with Gasteiger partial charge in [-0.3, -0.25) is 0 Å². The Morgan fingerprint density at radius 2 is 1.87 bits per heavy atom. The molecule has 0 N–H and O–H groups in total. The number of rotatable bonds is 3. The number of hydrogen-bond acceptors (Lipinski definition) is 2. The minimum absolute atomic E-state index is 0.258. The number of allylic oxidation sites excluding steroid dienone is 1. The van der Waals surface area contributed by atoms with Crippen molar-refractivity contribution in [3.8, 4) is 0 Å². The molecule has 0 spiro atoms. The lowest BCUT2D eigenvalue weighted by molar-refractivity contribution is -0.142. The van der Waals surface area contributed by atoms with Crippen LogP contribution < -0.4 is 0 Å². The van der Waals surface area contributed by atoms with Crippen molar-refractivity contribution in [2.24, 2.45) is 5.41 Å². The van der Waals surface area contributed by atoms with Crippen LogP contribution in [-0.2, 0) is 9.47 Å². The molecule has 1 heterocycles. The number of hydrogen-bond donors (Lipinski definition) is 0. The van der Waals surface area contributed by atoms with Gasteiger partial charge < -0.3 is 9.47 Å². The van der Waals surface area contributed by atoms with Crippen LogP contribution in [0.1, 0.15) is 6.92 Å². The molecule has 0 atom stereocenters. The third-order valence-electron chi connectivity index (χ3n) is 1.87. The standard InChI is InChI=1S/C8H9F5O2/c1-7(2-14-3-7)4-15-6(10)5(9)8(11,12)13/h2-4H2,1H3/b6-5-. The van der Waals surface area contributed by atoms with Crippen molar-refractivity contribution in [3.63, 3.8) is 0 Å². The Morgan fingerprint density at radius 3 is 2.20 bits per heavy atom. The topological polar surface area (TPSA) is 18.5 Å². The van der Waals surface area contributed by atoms with E-state index in [0.29, 0.717) is 0 Å². The molecule has 1 saturated heterocycles. The van der Waals surface area contributed by atoms with E-state index in [2.05, 4.69) is 4.74 Å². The van der Waals surface area contributed by atoms with E-state index in [0.717, 1.165) is 0 Å². The highest BCUT2D eigenvalue weighted by atomic mass is 19.4. The molecular formula is C8H9F5O2. The zero-order valence-corrected chi connectivity index (χ0v) is 7.83. The fourth-order valence-corrected chi connectivity index (χ4v) is 0.946. The summed E-state index contributed by atoms with van der Waals surface area (Å²) in [7, 11) is 0. The van der Waals surface area contributed by atoms with Crippen LogP contribution in [-0.4, -0.2) is 26.0 Å². The van der Waals surface area contributed by atoms with Crippen molar-refractivity contribution in [1.82, 2.24) is 0 Å². The van der Waals surface area contributed by atoms with Gasteiger partial charge in [0.25, 0.3) is 5.83 Å². The largest absolute Gasteiger partial charge is 0.468 e. The lowest BCUT2D eigenvalue weighted by Crippen LogP contribution is -2.43.